The molecule has 16 heavy (non-hydrogen) atoms. The highest BCUT2D eigenvalue weighted by Gasteiger charge is 2.35. The fourth-order valence-corrected chi connectivity index (χ4v) is 2.29. The van der Waals surface area contributed by atoms with Crippen LogP contribution >= 0.6 is 0 Å². The molecule has 0 spiro atoms. The SMILES string of the molecule is CC.CC1(C)CCN(C(=O)[C@H]2CCOC2)C1. The Labute approximate surface area is 99.1 Å². The monoisotopic (exact) mass is 227 g/mol. The minimum absolute atomic E-state index is 0.142. The van der Waals surface area contributed by atoms with Gasteiger partial charge < -0.3 is 9.64 Å². The summed E-state index contributed by atoms with van der Waals surface area (Å²) in [6.07, 6.45) is 2.04. The predicted octanol–water partition coefficient (Wildman–Crippen LogP) is 2.31. The van der Waals surface area contributed by atoms with Crippen molar-refractivity contribution in [2.24, 2.45) is 11.3 Å². The molecule has 2 fully saturated rings. The Morgan fingerprint density at radius 1 is 1.38 bits per heavy atom. The first-order valence-electron chi connectivity index (χ1n) is 6.45. The third-order valence-corrected chi connectivity index (χ3v) is 3.27. The first-order valence-corrected chi connectivity index (χ1v) is 6.45. The molecule has 1 atom stereocenters. The lowest BCUT2D eigenvalue weighted by atomic mass is 9.93. The van der Waals surface area contributed by atoms with Gasteiger partial charge >= 0.3 is 0 Å². The first-order chi connectivity index (χ1) is 7.58. The van der Waals surface area contributed by atoms with Gasteiger partial charge in [-0.05, 0) is 18.3 Å². The Hall–Kier alpha value is -0.570. The van der Waals surface area contributed by atoms with Crippen LogP contribution in [-0.4, -0.2) is 37.1 Å². The maximum atomic E-state index is 12.0. The Bertz CT molecular complexity index is 232. The lowest BCUT2D eigenvalue weighted by molar-refractivity contribution is -0.134. The molecule has 2 saturated heterocycles. The van der Waals surface area contributed by atoms with E-state index in [1.54, 1.807) is 0 Å². The summed E-state index contributed by atoms with van der Waals surface area (Å²) in [5.41, 5.74) is 0.315. The van der Waals surface area contributed by atoms with Crippen molar-refractivity contribution in [3.05, 3.63) is 0 Å². The van der Waals surface area contributed by atoms with Gasteiger partial charge in [0, 0.05) is 19.7 Å². The summed E-state index contributed by atoms with van der Waals surface area (Å²) in [5, 5.41) is 0. The van der Waals surface area contributed by atoms with Crippen molar-refractivity contribution in [3.8, 4) is 0 Å². The molecule has 0 aromatic carbocycles. The van der Waals surface area contributed by atoms with Gasteiger partial charge in [0.05, 0.1) is 12.5 Å². The second kappa shape index (κ2) is 5.67. The molecule has 3 heteroatoms. The van der Waals surface area contributed by atoms with Crippen LogP contribution in [-0.2, 0) is 9.53 Å². The van der Waals surface area contributed by atoms with Crippen LogP contribution in [0.5, 0.6) is 0 Å². The number of hydrogen-bond donors (Lipinski definition) is 0. The number of hydrogen-bond acceptors (Lipinski definition) is 2. The zero-order chi connectivity index (χ0) is 12.2. The molecule has 2 heterocycles. The maximum Gasteiger partial charge on any atom is 0.228 e. The third kappa shape index (κ3) is 3.21. The molecule has 2 rings (SSSR count). The Balaban J connectivity index is 0.000000606. The van der Waals surface area contributed by atoms with Gasteiger partial charge in [-0.25, -0.2) is 0 Å². The lowest BCUT2D eigenvalue weighted by Gasteiger charge is -2.22. The van der Waals surface area contributed by atoms with Crippen molar-refractivity contribution < 1.29 is 9.53 Å². The van der Waals surface area contributed by atoms with Crippen LogP contribution in [0.15, 0.2) is 0 Å². The average molecular weight is 227 g/mol. The topological polar surface area (TPSA) is 29.5 Å². The maximum absolute atomic E-state index is 12.0. The summed E-state index contributed by atoms with van der Waals surface area (Å²) in [5.74, 6) is 0.456. The van der Waals surface area contributed by atoms with Crippen LogP contribution in [0.1, 0.15) is 40.5 Å². The highest BCUT2D eigenvalue weighted by Crippen LogP contribution is 2.30. The van der Waals surface area contributed by atoms with Crippen molar-refractivity contribution in [1.29, 1.82) is 0 Å². The third-order valence-electron chi connectivity index (χ3n) is 3.27. The van der Waals surface area contributed by atoms with Gasteiger partial charge in [-0.2, -0.15) is 0 Å². The van der Waals surface area contributed by atoms with E-state index < -0.39 is 0 Å². The van der Waals surface area contributed by atoms with E-state index >= 15 is 0 Å². The molecule has 94 valence electrons. The summed E-state index contributed by atoms with van der Waals surface area (Å²) < 4.78 is 5.24. The first kappa shape index (κ1) is 13.5. The van der Waals surface area contributed by atoms with E-state index in [0.717, 1.165) is 32.5 Å². The Morgan fingerprint density at radius 2 is 2.06 bits per heavy atom. The Morgan fingerprint density at radius 3 is 2.50 bits per heavy atom. The van der Waals surface area contributed by atoms with Gasteiger partial charge in [0.1, 0.15) is 0 Å². The highest BCUT2D eigenvalue weighted by atomic mass is 16.5. The second-order valence-electron chi connectivity index (χ2n) is 5.23. The van der Waals surface area contributed by atoms with E-state index in [-0.39, 0.29) is 5.92 Å². The van der Waals surface area contributed by atoms with Crippen LogP contribution in [0.25, 0.3) is 0 Å². The van der Waals surface area contributed by atoms with Gasteiger partial charge in [0.25, 0.3) is 0 Å². The number of ether oxygens (including phenoxy) is 1. The largest absolute Gasteiger partial charge is 0.381 e. The molecule has 0 N–H and O–H groups in total. The number of amides is 1. The van der Waals surface area contributed by atoms with Gasteiger partial charge in [-0.15, -0.1) is 0 Å². The molecule has 0 bridgehead atoms. The smallest absolute Gasteiger partial charge is 0.228 e. The van der Waals surface area contributed by atoms with E-state index in [0.29, 0.717) is 17.9 Å². The normalized spacial score (nSPS) is 27.5. The highest BCUT2D eigenvalue weighted by molar-refractivity contribution is 5.79. The second-order valence-corrected chi connectivity index (χ2v) is 5.23. The lowest BCUT2D eigenvalue weighted by Crippen LogP contribution is -2.35. The van der Waals surface area contributed by atoms with Crippen LogP contribution in [0.2, 0.25) is 0 Å². The van der Waals surface area contributed by atoms with Crippen molar-refractivity contribution in [2.45, 2.75) is 40.5 Å². The summed E-state index contributed by atoms with van der Waals surface area (Å²) in [4.78, 5) is 14.0. The number of carbonyl (C=O) groups excluding carboxylic acids is 1. The summed E-state index contributed by atoms with van der Waals surface area (Å²) in [7, 11) is 0. The minimum atomic E-state index is 0.142. The van der Waals surface area contributed by atoms with E-state index in [2.05, 4.69) is 13.8 Å². The zero-order valence-electron chi connectivity index (χ0n) is 11.1. The van der Waals surface area contributed by atoms with Crippen LogP contribution in [0, 0.1) is 11.3 Å². The summed E-state index contributed by atoms with van der Waals surface area (Å²) >= 11 is 0. The van der Waals surface area contributed by atoms with Gasteiger partial charge in [-0.1, -0.05) is 27.7 Å². The average Bonchev–Trinajstić information content (AvgIpc) is 2.89. The van der Waals surface area contributed by atoms with Crippen LogP contribution in [0.4, 0.5) is 0 Å². The summed E-state index contributed by atoms with van der Waals surface area (Å²) in [6.45, 7) is 11.7. The van der Waals surface area contributed by atoms with E-state index in [9.17, 15) is 4.79 Å². The van der Waals surface area contributed by atoms with Crippen LogP contribution in [0.3, 0.4) is 0 Å². The van der Waals surface area contributed by atoms with Gasteiger partial charge in [-0.3, -0.25) is 4.79 Å². The standard InChI is InChI=1S/C11H19NO2.C2H6/c1-11(2)4-5-12(8-11)10(13)9-3-6-14-7-9;1-2/h9H,3-8H2,1-2H3;1-2H3/t9-;/m0./s1. The fourth-order valence-electron chi connectivity index (χ4n) is 2.29. The molecular formula is C13H25NO2. The molecule has 0 radical (unpaired) electrons. The van der Waals surface area contributed by atoms with Gasteiger partial charge in [0.15, 0.2) is 0 Å². The van der Waals surface area contributed by atoms with Crippen molar-refractivity contribution in [3.63, 3.8) is 0 Å². The van der Waals surface area contributed by atoms with E-state index in [1.807, 2.05) is 18.7 Å². The number of likely N-dealkylation sites (tertiary alicyclic amines) is 1. The molecular weight excluding hydrogens is 202 g/mol. The number of carbonyl (C=O) groups is 1. The summed E-state index contributed by atoms with van der Waals surface area (Å²) in [6, 6.07) is 0. The molecule has 3 nitrogen and oxygen atoms in total. The molecule has 0 aromatic rings. The Kier molecular flexibility index (Phi) is 4.78. The molecule has 2 aliphatic rings. The molecule has 0 aliphatic carbocycles. The zero-order valence-corrected chi connectivity index (χ0v) is 11.1. The molecule has 0 aromatic heterocycles. The van der Waals surface area contributed by atoms with Crippen molar-refractivity contribution in [1.82, 2.24) is 4.90 Å². The molecule has 1 amide bonds. The van der Waals surface area contributed by atoms with Crippen LogP contribution < -0.4 is 0 Å². The molecule has 0 unspecified atom stereocenters. The van der Waals surface area contributed by atoms with Gasteiger partial charge in [0.2, 0.25) is 5.91 Å². The number of rotatable bonds is 1. The van der Waals surface area contributed by atoms with Crippen molar-refractivity contribution in [2.75, 3.05) is 26.3 Å². The number of nitrogens with zero attached hydrogens (tertiary/aromatic N) is 1. The fraction of sp³-hybridized carbons (Fsp3) is 0.923. The molecule has 0 saturated carbocycles. The predicted molar refractivity (Wildman–Crippen MR) is 65.3 cm³/mol. The van der Waals surface area contributed by atoms with E-state index in [4.69, 9.17) is 4.74 Å². The van der Waals surface area contributed by atoms with Crippen molar-refractivity contribution >= 4 is 5.91 Å². The quantitative estimate of drug-likeness (QED) is 0.688. The minimum Gasteiger partial charge on any atom is -0.381 e. The van der Waals surface area contributed by atoms with E-state index in [1.165, 1.54) is 0 Å². The molecule has 2 aliphatic heterocycles.